The van der Waals surface area contributed by atoms with Gasteiger partial charge in [-0.1, -0.05) is 91.0 Å². The van der Waals surface area contributed by atoms with Gasteiger partial charge in [0.25, 0.3) is 0 Å². The summed E-state index contributed by atoms with van der Waals surface area (Å²) < 4.78 is 28.8. The highest BCUT2D eigenvalue weighted by molar-refractivity contribution is 7.14. The molecule has 3 heteroatoms. The summed E-state index contributed by atoms with van der Waals surface area (Å²) in [7, 11) is -3.42. The molecule has 0 aliphatic rings. The van der Waals surface area contributed by atoms with Crippen LogP contribution in [0.3, 0.4) is 0 Å². The fourth-order valence-electron chi connectivity index (χ4n) is 2.89. The van der Waals surface area contributed by atoms with Crippen molar-refractivity contribution in [3.05, 3.63) is 97.0 Å². The standard InChI is InChI=1S/C19H15F2Si/c20-19(21)22(16-10-4-1-5-11-16,17-12-6-2-7-13-17)18-14-8-3-9-15-18/h1-15H. The molecule has 0 fully saturated rings. The molecule has 22 heavy (non-hydrogen) atoms. The maximum Gasteiger partial charge on any atom is 0.301 e. The molecular weight excluding hydrogens is 294 g/mol. The molecule has 0 N–H and O–H groups in total. The molecule has 3 rings (SSSR count). The molecule has 1 radical (unpaired) electrons. The van der Waals surface area contributed by atoms with E-state index < -0.39 is 14.1 Å². The van der Waals surface area contributed by atoms with Gasteiger partial charge in [-0.05, 0) is 15.6 Å². The lowest BCUT2D eigenvalue weighted by atomic mass is 10.3. The Morgan fingerprint density at radius 1 is 0.500 bits per heavy atom. The van der Waals surface area contributed by atoms with Crippen molar-refractivity contribution in [1.82, 2.24) is 0 Å². The highest BCUT2D eigenvalue weighted by Gasteiger charge is 2.49. The molecular formula is C19H15F2Si. The van der Waals surface area contributed by atoms with Gasteiger partial charge in [-0.3, -0.25) is 0 Å². The number of halogens is 2. The van der Waals surface area contributed by atoms with Crippen LogP contribution in [0.4, 0.5) is 8.78 Å². The predicted octanol–water partition coefficient (Wildman–Crippen LogP) is 3.12. The molecule has 0 saturated heterocycles. The second kappa shape index (κ2) is 6.24. The summed E-state index contributed by atoms with van der Waals surface area (Å²) in [5, 5.41) is 2.10. The largest absolute Gasteiger partial charge is 0.301 e. The summed E-state index contributed by atoms with van der Waals surface area (Å²) in [6.07, 6.45) is 0. The summed E-state index contributed by atoms with van der Waals surface area (Å²) in [4.78, 5) is 0. The Morgan fingerprint density at radius 2 is 0.773 bits per heavy atom. The van der Waals surface area contributed by atoms with Crippen molar-refractivity contribution in [2.45, 2.75) is 0 Å². The molecule has 109 valence electrons. The zero-order chi connectivity index (χ0) is 15.4. The highest BCUT2D eigenvalue weighted by atomic mass is 28.3. The van der Waals surface area contributed by atoms with Crippen LogP contribution in [0.2, 0.25) is 0 Å². The average Bonchev–Trinajstić information content (AvgIpc) is 2.58. The molecule has 0 aromatic heterocycles. The number of benzene rings is 3. The van der Waals surface area contributed by atoms with E-state index in [1.807, 2.05) is 91.0 Å². The molecule has 0 nitrogen and oxygen atoms in total. The fourth-order valence-corrected chi connectivity index (χ4v) is 6.62. The Morgan fingerprint density at radius 3 is 1.00 bits per heavy atom. The van der Waals surface area contributed by atoms with Gasteiger partial charge in [0.15, 0.2) is 0 Å². The van der Waals surface area contributed by atoms with Gasteiger partial charge < -0.3 is 0 Å². The van der Waals surface area contributed by atoms with Crippen LogP contribution in [0, 0.1) is 6.05 Å². The Hall–Kier alpha value is -2.26. The van der Waals surface area contributed by atoms with E-state index in [0.29, 0.717) is 15.6 Å². The maximum atomic E-state index is 14.4. The SMILES string of the molecule is F[C](F)[Si](c1ccccc1)(c1ccccc1)c1ccccc1. The zero-order valence-corrected chi connectivity index (χ0v) is 12.9. The molecule has 0 heterocycles. The summed E-state index contributed by atoms with van der Waals surface area (Å²) >= 11 is 0. The molecule has 0 atom stereocenters. The van der Waals surface area contributed by atoms with Crippen LogP contribution in [0.25, 0.3) is 0 Å². The normalized spacial score (nSPS) is 11.6. The third-order valence-electron chi connectivity index (χ3n) is 3.90. The van der Waals surface area contributed by atoms with Crippen molar-refractivity contribution in [1.29, 1.82) is 0 Å². The first-order valence-electron chi connectivity index (χ1n) is 7.11. The topological polar surface area (TPSA) is 0 Å². The first kappa shape index (κ1) is 14.7. The lowest BCUT2D eigenvalue weighted by molar-refractivity contribution is 0.358. The first-order valence-corrected chi connectivity index (χ1v) is 9.11. The molecule has 0 saturated carbocycles. The first-order chi connectivity index (χ1) is 10.8. The Bertz CT molecular complexity index is 616. The van der Waals surface area contributed by atoms with Crippen molar-refractivity contribution in [3.63, 3.8) is 0 Å². The van der Waals surface area contributed by atoms with E-state index in [-0.39, 0.29) is 0 Å². The van der Waals surface area contributed by atoms with Gasteiger partial charge in [0.1, 0.15) is 0 Å². The van der Waals surface area contributed by atoms with Crippen molar-refractivity contribution < 1.29 is 8.78 Å². The van der Waals surface area contributed by atoms with E-state index in [9.17, 15) is 8.78 Å². The van der Waals surface area contributed by atoms with Gasteiger partial charge in [0, 0.05) is 0 Å². The number of hydrogen-bond donors (Lipinski definition) is 0. The van der Waals surface area contributed by atoms with Crippen molar-refractivity contribution in [2.24, 2.45) is 0 Å². The van der Waals surface area contributed by atoms with Crippen LogP contribution < -0.4 is 15.6 Å². The molecule has 3 aromatic rings. The van der Waals surface area contributed by atoms with Gasteiger partial charge in [0.05, 0.1) is 0 Å². The highest BCUT2D eigenvalue weighted by Crippen LogP contribution is 2.21. The third kappa shape index (κ3) is 2.38. The Labute approximate surface area is 130 Å². The molecule has 0 unspecified atom stereocenters. The van der Waals surface area contributed by atoms with E-state index in [0.717, 1.165) is 0 Å². The maximum absolute atomic E-state index is 14.4. The van der Waals surface area contributed by atoms with Gasteiger partial charge in [-0.2, -0.15) is 0 Å². The monoisotopic (exact) mass is 309 g/mol. The van der Waals surface area contributed by atoms with E-state index in [1.54, 1.807) is 0 Å². The van der Waals surface area contributed by atoms with Gasteiger partial charge in [-0.15, -0.1) is 0 Å². The Balaban J connectivity index is 2.34. The predicted molar refractivity (Wildman–Crippen MR) is 89.4 cm³/mol. The molecule has 0 spiro atoms. The number of rotatable bonds is 4. The van der Waals surface area contributed by atoms with Crippen LogP contribution in [-0.2, 0) is 0 Å². The minimum Gasteiger partial charge on any atom is -0.204 e. The molecule has 0 amide bonds. The Kier molecular flexibility index (Phi) is 4.16. The van der Waals surface area contributed by atoms with E-state index in [2.05, 4.69) is 0 Å². The average molecular weight is 309 g/mol. The minimum absolute atomic E-state index is 0.701. The van der Waals surface area contributed by atoms with Crippen LogP contribution in [0.15, 0.2) is 91.0 Å². The van der Waals surface area contributed by atoms with Crippen molar-refractivity contribution in [3.8, 4) is 0 Å². The lowest BCUT2D eigenvalue weighted by Gasteiger charge is -2.31. The van der Waals surface area contributed by atoms with E-state index >= 15 is 0 Å². The summed E-state index contributed by atoms with van der Waals surface area (Å²) in [6, 6.07) is 25.9. The third-order valence-corrected chi connectivity index (χ3v) is 8.07. The van der Waals surface area contributed by atoms with E-state index in [4.69, 9.17) is 0 Å². The summed E-state index contributed by atoms with van der Waals surface area (Å²) in [6.45, 7) is 0. The van der Waals surface area contributed by atoms with Crippen LogP contribution in [0.1, 0.15) is 0 Å². The van der Waals surface area contributed by atoms with E-state index in [1.165, 1.54) is 0 Å². The van der Waals surface area contributed by atoms with Gasteiger partial charge >= 0.3 is 6.05 Å². The van der Waals surface area contributed by atoms with Crippen LogP contribution in [-0.4, -0.2) is 8.07 Å². The lowest BCUT2D eigenvalue weighted by Crippen LogP contribution is -2.69. The summed E-state index contributed by atoms with van der Waals surface area (Å²) in [5.41, 5.74) is 0. The summed E-state index contributed by atoms with van der Waals surface area (Å²) in [5.74, 6) is 0. The quantitative estimate of drug-likeness (QED) is 0.513. The molecule has 0 aliphatic heterocycles. The molecule has 3 aromatic carbocycles. The van der Waals surface area contributed by atoms with Crippen molar-refractivity contribution in [2.75, 3.05) is 0 Å². The smallest absolute Gasteiger partial charge is 0.204 e. The van der Waals surface area contributed by atoms with Gasteiger partial charge in [-0.25, -0.2) is 8.78 Å². The van der Waals surface area contributed by atoms with Crippen LogP contribution in [0.5, 0.6) is 0 Å². The van der Waals surface area contributed by atoms with Crippen LogP contribution >= 0.6 is 0 Å². The number of hydrogen-bond acceptors (Lipinski definition) is 0. The molecule has 0 aliphatic carbocycles. The van der Waals surface area contributed by atoms with Crippen molar-refractivity contribution >= 4 is 23.6 Å². The second-order valence-electron chi connectivity index (χ2n) is 5.11. The second-order valence-corrected chi connectivity index (χ2v) is 8.72. The fraction of sp³-hybridized carbons (Fsp3) is 0. The molecule has 0 bridgehead atoms. The minimum atomic E-state index is -3.42. The zero-order valence-electron chi connectivity index (χ0n) is 11.9. The van der Waals surface area contributed by atoms with Gasteiger partial charge in [0.2, 0.25) is 8.07 Å².